The number of hydrogen-bond acceptors (Lipinski definition) is 11. The first-order valence-corrected chi connectivity index (χ1v) is 15.4. The summed E-state index contributed by atoms with van der Waals surface area (Å²) in [5.41, 5.74) is 16.1. The number of rotatable bonds is 16. The van der Waals surface area contributed by atoms with Crippen LogP contribution in [0.3, 0.4) is 0 Å². The van der Waals surface area contributed by atoms with Gasteiger partial charge < -0.3 is 26.5 Å². The van der Waals surface area contributed by atoms with E-state index in [1.807, 2.05) is 6.92 Å². The molecule has 1 heterocycles. The predicted octanol–water partition coefficient (Wildman–Crippen LogP) is 5.07. The van der Waals surface area contributed by atoms with Crippen LogP contribution < -0.4 is 17.2 Å². The number of ether oxygens (including phenoxy) is 1. The minimum atomic E-state index is -4.93. The molecule has 1 aromatic heterocycles. The Morgan fingerprint density at radius 1 is 0.829 bits per heavy atom. The Balaban J connectivity index is 0.00000149. The summed E-state index contributed by atoms with van der Waals surface area (Å²) in [6, 6.07) is 0. The van der Waals surface area contributed by atoms with E-state index in [0.717, 1.165) is 42.9 Å². The molecule has 0 aliphatic heterocycles. The van der Waals surface area contributed by atoms with Gasteiger partial charge in [-0.15, -0.1) is 0 Å². The van der Waals surface area contributed by atoms with E-state index in [2.05, 4.69) is 47.2 Å². The number of carbonyl (C=O) groups is 2. The Labute approximate surface area is 243 Å². The van der Waals surface area contributed by atoms with Gasteiger partial charge in [0.1, 0.15) is 6.26 Å². The maximum absolute atomic E-state index is 11.8. The third kappa shape index (κ3) is 22.4. The third-order valence-electron chi connectivity index (χ3n) is 6.07. The highest BCUT2D eigenvalue weighted by atomic mass is 31.2. The lowest BCUT2D eigenvalue weighted by atomic mass is 9.91. The fraction of sp³-hybridized carbons (Fsp3) is 0.667. The second-order valence-electron chi connectivity index (χ2n) is 10.9. The van der Waals surface area contributed by atoms with Crippen LogP contribution in [0, 0.1) is 17.8 Å². The Morgan fingerprint density at radius 2 is 1.27 bits per heavy atom. The molecule has 0 saturated heterocycles. The van der Waals surface area contributed by atoms with Crippen molar-refractivity contribution in [1.82, 2.24) is 15.0 Å². The summed E-state index contributed by atoms with van der Waals surface area (Å²) in [7, 11) is -4.93. The van der Waals surface area contributed by atoms with E-state index in [-0.39, 0.29) is 23.4 Å². The molecule has 41 heavy (non-hydrogen) atoms. The van der Waals surface area contributed by atoms with E-state index < -0.39 is 19.8 Å². The first kappa shape index (κ1) is 38.0. The first-order chi connectivity index (χ1) is 19.0. The summed E-state index contributed by atoms with van der Waals surface area (Å²) in [5.74, 6) is 0.481. The number of nitrogens with zero attached hydrogens (tertiary/aromatic N) is 3. The topological polar surface area (TPSA) is 227 Å². The second kappa shape index (κ2) is 20.0. The monoisotopic (exact) mass is 600 g/mol. The summed E-state index contributed by atoms with van der Waals surface area (Å²) in [6.45, 7) is 12.3. The van der Waals surface area contributed by atoms with Gasteiger partial charge in [-0.1, -0.05) is 78.2 Å². The van der Waals surface area contributed by atoms with Crippen LogP contribution in [0.1, 0.15) is 99.3 Å². The lowest BCUT2D eigenvalue weighted by Gasteiger charge is -2.15. The summed E-state index contributed by atoms with van der Waals surface area (Å²) in [6.07, 6.45) is 12.8. The van der Waals surface area contributed by atoms with Gasteiger partial charge in [-0.3, -0.25) is 9.79 Å². The molecule has 0 aliphatic carbocycles. The minimum absolute atomic E-state index is 0.0417. The van der Waals surface area contributed by atoms with E-state index in [0.29, 0.717) is 5.92 Å². The Bertz CT molecular complexity index is 1010. The molecule has 14 heteroatoms. The number of phosphoric ester groups is 1. The molecule has 0 unspecified atom stereocenters. The van der Waals surface area contributed by atoms with Crippen molar-refractivity contribution in [3.05, 3.63) is 23.5 Å². The van der Waals surface area contributed by atoms with Crippen molar-refractivity contribution < 1.29 is 33.2 Å². The van der Waals surface area contributed by atoms with Gasteiger partial charge in [-0.25, -0.2) is 14.2 Å². The largest absolute Gasteiger partial charge is 0.527 e. The number of anilines is 3. The van der Waals surface area contributed by atoms with Gasteiger partial charge in [0.2, 0.25) is 17.8 Å². The van der Waals surface area contributed by atoms with Crippen molar-refractivity contribution in [2.45, 2.75) is 99.3 Å². The quantitative estimate of drug-likeness (QED) is 0.0723. The van der Waals surface area contributed by atoms with Crippen molar-refractivity contribution >= 4 is 37.6 Å². The van der Waals surface area contributed by atoms with Crippen LogP contribution in [-0.2, 0) is 23.4 Å². The van der Waals surface area contributed by atoms with Crippen LogP contribution in [-0.4, -0.2) is 36.7 Å². The van der Waals surface area contributed by atoms with Gasteiger partial charge in [-0.05, 0) is 44.4 Å². The van der Waals surface area contributed by atoms with Crippen molar-refractivity contribution in [2.75, 3.05) is 17.2 Å². The average Bonchev–Trinajstić information content (AvgIpc) is 2.80. The number of phosphoric acid groups is 1. The molecule has 0 amide bonds. The van der Waals surface area contributed by atoms with Gasteiger partial charge in [0.25, 0.3) is 0 Å². The molecule has 2 atom stereocenters. The molecule has 0 bridgehead atoms. The number of hydrogen-bond donors (Lipinski definition) is 5. The first-order valence-electron chi connectivity index (χ1n) is 13.8. The molecule has 0 fully saturated rings. The molecule has 13 nitrogen and oxygen atoms in total. The van der Waals surface area contributed by atoms with Crippen molar-refractivity contribution in [2.24, 2.45) is 17.8 Å². The SMILES string of the molecule is CC(=COC(=O)/C=C(\C)CCC[C@H](C)CCC[C@H](C)CCCC(C)C)C(=O)OP(=O)(O)O.Nc1nc(N)nc(N)n1. The van der Waals surface area contributed by atoms with Gasteiger partial charge in [0, 0.05) is 6.08 Å². The average molecular weight is 601 g/mol. The van der Waals surface area contributed by atoms with E-state index in [1.54, 1.807) is 0 Å². The number of esters is 1. The predicted molar refractivity (Wildman–Crippen MR) is 160 cm³/mol. The number of nitrogen functional groups attached to an aromatic ring is 3. The third-order valence-corrected chi connectivity index (χ3v) is 6.47. The van der Waals surface area contributed by atoms with Crippen molar-refractivity contribution in [1.29, 1.82) is 0 Å². The fourth-order valence-electron chi connectivity index (χ4n) is 3.82. The van der Waals surface area contributed by atoms with Gasteiger partial charge in [0.15, 0.2) is 0 Å². The maximum Gasteiger partial charge on any atom is 0.527 e. The molecule has 0 aromatic carbocycles. The Hall–Kier alpha value is -3.02. The van der Waals surface area contributed by atoms with E-state index in [9.17, 15) is 14.2 Å². The molecular weight excluding hydrogens is 551 g/mol. The standard InChI is InChI=1S/C24H43O7P.C3H6N6/c1-18(2)10-7-11-19(3)12-8-13-20(4)14-9-15-21(5)16-23(25)30-17-22(6)24(26)31-32(27,28)29;4-1-7-2(5)9-3(6)8-1/h16-20H,7-15H2,1-6H3,(H2,27,28,29);(H6,4,5,6,7,8,9)/b21-16+,22-17?;/t19-,20-;/m1./s1. The zero-order valence-electron chi connectivity index (χ0n) is 25.2. The fourth-order valence-corrected chi connectivity index (χ4v) is 4.18. The highest BCUT2D eigenvalue weighted by Crippen LogP contribution is 2.36. The van der Waals surface area contributed by atoms with Crippen LogP contribution >= 0.6 is 7.82 Å². The van der Waals surface area contributed by atoms with Gasteiger partial charge >= 0.3 is 19.8 Å². The number of carbonyl (C=O) groups excluding carboxylic acids is 2. The Kier molecular flexibility index (Phi) is 18.5. The minimum Gasteiger partial charge on any atom is -0.431 e. The molecule has 0 radical (unpaired) electrons. The summed E-state index contributed by atoms with van der Waals surface area (Å²) < 4.78 is 19.4. The highest BCUT2D eigenvalue weighted by molar-refractivity contribution is 7.46. The molecule has 0 spiro atoms. The number of aromatic nitrogens is 3. The molecular formula is C27H49N6O7P. The molecule has 1 aromatic rings. The van der Waals surface area contributed by atoms with E-state index in [1.165, 1.54) is 51.5 Å². The summed E-state index contributed by atoms with van der Waals surface area (Å²) >= 11 is 0. The molecule has 0 aliphatic rings. The zero-order chi connectivity index (χ0) is 31.6. The van der Waals surface area contributed by atoms with Crippen LogP contribution in [0.5, 0.6) is 0 Å². The van der Waals surface area contributed by atoms with Crippen molar-refractivity contribution in [3.63, 3.8) is 0 Å². The molecule has 1 rings (SSSR count). The number of allylic oxidation sites excluding steroid dienone is 1. The smallest absolute Gasteiger partial charge is 0.431 e. The lowest BCUT2D eigenvalue weighted by molar-refractivity contribution is -0.133. The van der Waals surface area contributed by atoms with Crippen LogP contribution in [0.25, 0.3) is 0 Å². The lowest BCUT2D eigenvalue weighted by Crippen LogP contribution is -2.05. The van der Waals surface area contributed by atoms with E-state index >= 15 is 0 Å². The van der Waals surface area contributed by atoms with E-state index in [4.69, 9.17) is 31.7 Å². The number of nitrogens with two attached hydrogens (primary N) is 3. The normalized spacial score (nSPS) is 13.7. The zero-order valence-corrected chi connectivity index (χ0v) is 26.1. The molecule has 0 saturated carbocycles. The van der Waals surface area contributed by atoms with Crippen molar-refractivity contribution in [3.8, 4) is 0 Å². The molecule has 8 N–H and O–H groups in total. The summed E-state index contributed by atoms with van der Waals surface area (Å²) in [4.78, 5) is 50.9. The van der Waals surface area contributed by atoms with Crippen LogP contribution in [0.2, 0.25) is 0 Å². The van der Waals surface area contributed by atoms with Gasteiger partial charge in [0.05, 0.1) is 5.57 Å². The maximum atomic E-state index is 11.8. The Morgan fingerprint density at radius 3 is 1.71 bits per heavy atom. The summed E-state index contributed by atoms with van der Waals surface area (Å²) in [5, 5.41) is 0. The molecule has 234 valence electrons. The van der Waals surface area contributed by atoms with Crippen LogP contribution in [0.15, 0.2) is 23.5 Å². The van der Waals surface area contributed by atoms with Crippen LogP contribution in [0.4, 0.5) is 17.8 Å². The highest BCUT2D eigenvalue weighted by Gasteiger charge is 2.21. The van der Waals surface area contributed by atoms with Gasteiger partial charge in [-0.2, -0.15) is 15.0 Å². The second-order valence-corrected chi connectivity index (χ2v) is 12.0.